The number of benzene rings is 2. The van der Waals surface area contributed by atoms with Gasteiger partial charge in [-0.3, -0.25) is 0 Å². The number of hydrogen-bond acceptors (Lipinski definition) is 0. The second kappa shape index (κ2) is 7.82. The summed E-state index contributed by atoms with van der Waals surface area (Å²) >= 11 is 0. The summed E-state index contributed by atoms with van der Waals surface area (Å²) < 4.78 is 0. The van der Waals surface area contributed by atoms with E-state index in [1.165, 1.54) is 62.9 Å². The van der Waals surface area contributed by atoms with Gasteiger partial charge in [0.1, 0.15) is 0 Å². The second-order valence-electron chi connectivity index (χ2n) is 10.1. The molecule has 0 saturated heterocycles. The van der Waals surface area contributed by atoms with Gasteiger partial charge in [-0.2, -0.15) is 0 Å². The molecule has 0 fully saturated rings. The summed E-state index contributed by atoms with van der Waals surface area (Å²) in [5, 5.41) is 0. The van der Waals surface area contributed by atoms with Crippen LogP contribution in [0.4, 0.5) is 0 Å². The molecule has 0 heterocycles. The summed E-state index contributed by atoms with van der Waals surface area (Å²) in [5.41, 5.74) is 13.2. The van der Waals surface area contributed by atoms with Gasteiger partial charge < -0.3 is 0 Å². The smallest absolute Gasteiger partial charge is 0.00670 e. The van der Waals surface area contributed by atoms with Crippen LogP contribution in [-0.4, -0.2) is 0 Å². The Morgan fingerprint density at radius 2 is 1.72 bits per heavy atom. The van der Waals surface area contributed by atoms with Crippen LogP contribution < -0.4 is 0 Å². The molecule has 2 aliphatic rings. The van der Waals surface area contributed by atoms with Crippen molar-refractivity contribution in [3.63, 3.8) is 0 Å². The SMILES string of the molecule is C=C1CCc2cc(C3=CCC(c4ccc(CCC(C)(C)C)c(C)c4)=C3)ccc2C1. The minimum atomic E-state index is 0.389. The molecule has 2 aliphatic carbocycles. The zero-order valence-corrected chi connectivity index (χ0v) is 18.6. The highest BCUT2D eigenvalue weighted by Gasteiger charge is 2.16. The van der Waals surface area contributed by atoms with Gasteiger partial charge in [0, 0.05) is 0 Å². The number of fused-ring (bicyclic) bond motifs is 1. The summed E-state index contributed by atoms with van der Waals surface area (Å²) in [7, 11) is 0. The van der Waals surface area contributed by atoms with Crippen molar-refractivity contribution in [1.82, 2.24) is 0 Å². The van der Waals surface area contributed by atoms with Crippen LogP contribution in [-0.2, 0) is 19.3 Å². The average molecular weight is 383 g/mol. The Morgan fingerprint density at radius 3 is 2.48 bits per heavy atom. The number of hydrogen-bond donors (Lipinski definition) is 0. The molecule has 150 valence electrons. The maximum absolute atomic E-state index is 4.17. The molecule has 0 saturated carbocycles. The molecule has 4 rings (SSSR count). The number of aryl methyl sites for hydroxylation is 3. The lowest BCUT2D eigenvalue weighted by Gasteiger charge is -2.19. The molecule has 2 aromatic carbocycles. The van der Waals surface area contributed by atoms with E-state index in [1.54, 1.807) is 0 Å². The van der Waals surface area contributed by atoms with E-state index >= 15 is 0 Å². The lowest BCUT2D eigenvalue weighted by molar-refractivity contribution is 0.378. The first kappa shape index (κ1) is 20.0. The van der Waals surface area contributed by atoms with Crippen molar-refractivity contribution < 1.29 is 0 Å². The normalized spacial score (nSPS) is 16.5. The van der Waals surface area contributed by atoms with Gasteiger partial charge in [-0.15, -0.1) is 0 Å². The second-order valence-corrected chi connectivity index (χ2v) is 10.1. The van der Waals surface area contributed by atoms with Crippen molar-refractivity contribution in [3.05, 3.63) is 94.1 Å². The fourth-order valence-electron chi connectivity index (χ4n) is 4.49. The summed E-state index contributed by atoms with van der Waals surface area (Å²) in [4.78, 5) is 0. The molecule has 0 unspecified atom stereocenters. The highest BCUT2D eigenvalue weighted by atomic mass is 14.2. The first-order valence-electron chi connectivity index (χ1n) is 11.1. The summed E-state index contributed by atoms with van der Waals surface area (Å²) in [6.45, 7) is 13.4. The first-order valence-corrected chi connectivity index (χ1v) is 11.1. The maximum atomic E-state index is 4.17. The molecule has 0 spiro atoms. The van der Waals surface area contributed by atoms with E-state index in [2.05, 4.69) is 82.8 Å². The molecule has 0 heteroatoms. The van der Waals surface area contributed by atoms with Gasteiger partial charge in [0.25, 0.3) is 0 Å². The number of allylic oxidation sites excluding steroid dienone is 5. The van der Waals surface area contributed by atoms with E-state index in [0.717, 1.165) is 25.7 Å². The zero-order valence-electron chi connectivity index (χ0n) is 18.6. The van der Waals surface area contributed by atoms with Crippen LogP contribution in [0.1, 0.15) is 73.4 Å². The van der Waals surface area contributed by atoms with Gasteiger partial charge in [0.05, 0.1) is 0 Å². The Bertz CT molecular complexity index is 1000. The van der Waals surface area contributed by atoms with Crippen molar-refractivity contribution in [1.29, 1.82) is 0 Å². The Hall–Kier alpha value is -2.34. The van der Waals surface area contributed by atoms with Gasteiger partial charge in [-0.05, 0) is 95.4 Å². The van der Waals surface area contributed by atoms with Gasteiger partial charge in [-0.25, -0.2) is 0 Å². The minimum absolute atomic E-state index is 0.389. The Kier molecular flexibility index (Phi) is 5.38. The van der Waals surface area contributed by atoms with Crippen LogP contribution in [0.3, 0.4) is 0 Å². The molecule has 0 bridgehead atoms. The van der Waals surface area contributed by atoms with Crippen molar-refractivity contribution in [2.75, 3.05) is 0 Å². The van der Waals surface area contributed by atoms with Crippen LogP contribution in [0, 0.1) is 12.3 Å². The van der Waals surface area contributed by atoms with E-state index < -0.39 is 0 Å². The quantitative estimate of drug-likeness (QED) is 0.472. The lowest BCUT2D eigenvalue weighted by atomic mass is 9.86. The standard InChI is InChI=1S/C29H34/c1-20-6-7-25-18-27(11-10-23(25)16-20)28-13-12-26(19-28)24-9-8-22(21(2)17-24)14-15-29(3,4)5/h8-11,13,17-19H,1,6-7,12,14-16H2,2-5H3. The van der Waals surface area contributed by atoms with Crippen LogP contribution in [0.25, 0.3) is 11.1 Å². The van der Waals surface area contributed by atoms with E-state index in [4.69, 9.17) is 0 Å². The van der Waals surface area contributed by atoms with Gasteiger partial charge in [-0.1, -0.05) is 81.5 Å². The molecule has 29 heavy (non-hydrogen) atoms. The summed E-state index contributed by atoms with van der Waals surface area (Å²) in [6.07, 6.45) is 11.5. The monoisotopic (exact) mass is 382 g/mol. The molecule has 0 nitrogen and oxygen atoms in total. The third kappa shape index (κ3) is 4.64. The highest BCUT2D eigenvalue weighted by molar-refractivity contribution is 5.89. The third-order valence-electron chi connectivity index (χ3n) is 6.46. The van der Waals surface area contributed by atoms with Crippen LogP contribution in [0.2, 0.25) is 0 Å². The highest BCUT2D eigenvalue weighted by Crippen LogP contribution is 2.35. The van der Waals surface area contributed by atoms with E-state index in [0.29, 0.717) is 5.41 Å². The molecule has 0 atom stereocenters. The molecular formula is C29H34. The number of rotatable bonds is 4. The molecule has 0 radical (unpaired) electrons. The fraction of sp³-hybridized carbons (Fsp3) is 0.379. The fourth-order valence-corrected chi connectivity index (χ4v) is 4.49. The van der Waals surface area contributed by atoms with Gasteiger partial charge in [0.2, 0.25) is 0 Å². The molecule has 0 aliphatic heterocycles. The van der Waals surface area contributed by atoms with Crippen molar-refractivity contribution >= 4 is 11.1 Å². The zero-order chi connectivity index (χ0) is 20.6. The molecule has 0 N–H and O–H groups in total. The molecule has 2 aromatic rings. The maximum Gasteiger partial charge on any atom is -0.00670 e. The van der Waals surface area contributed by atoms with Crippen molar-refractivity contribution in [2.45, 2.75) is 66.2 Å². The van der Waals surface area contributed by atoms with Gasteiger partial charge in [0.15, 0.2) is 0 Å². The molecule has 0 aromatic heterocycles. The van der Waals surface area contributed by atoms with Crippen molar-refractivity contribution in [2.24, 2.45) is 5.41 Å². The summed E-state index contributed by atoms with van der Waals surface area (Å²) in [5.74, 6) is 0. The van der Waals surface area contributed by atoms with Gasteiger partial charge >= 0.3 is 0 Å². The first-order chi connectivity index (χ1) is 13.8. The van der Waals surface area contributed by atoms with Crippen molar-refractivity contribution in [3.8, 4) is 0 Å². The lowest BCUT2D eigenvalue weighted by Crippen LogP contribution is -2.07. The Balaban J connectivity index is 1.51. The largest absolute Gasteiger partial charge is 0.0995 e. The predicted octanol–water partition coefficient (Wildman–Crippen LogP) is 7.89. The Labute approximate surface area is 177 Å². The molecule has 0 amide bonds. The summed E-state index contributed by atoms with van der Waals surface area (Å²) in [6, 6.07) is 14.1. The van der Waals surface area contributed by atoms with E-state index in [9.17, 15) is 0 Å². The molecular weight excluding hydrogens is 348 g/mol. The third-order valence-corrected chi connectivity index (χ3v) is 6.46. The van der Waals surface area contributed by atoms with E-state index in [1.807, 2.05) is 0 Å². The van der Waals surface area contributed by atoms with E-state index in [-0.39, 0.29) is 0 Å². The van der Waals surface area contributed by atoms with Crippen LogP contribution in [0.15, 0.2) is 60.7 Å². The topological polar surface area (TPSA) is 0 Å². The minimum Gasteiger partial charge on any atom is -0.0995 e. The van der Waals surface area contributed by atoms with Crippen LogP contribution >= 0.6 is 0 Å². The van der Waals surface area contributed by atoms with Crippen LogP contribution in [0.5, 0.6) is 0 Å². The Morgan fingerprint density at radius 1 is 0.931 bits per heavy atom. The average Bonchev–Trinajstić information content (AvgIpc) is 3.16. The predicted molar refractivity (Wildman–Crippen MR) is 127 cm³/mol.